The van der Waals surface area contributed by atoms with E-state index >= 15 is 0 Å². The molecule has 1 aliphatic heterocycles. The minimum atomic E-state index is 0.156. The Morgan fingerprint density at radius 3 is 2.73 bits per heavy atom. The van der Waals surface area contributed by atoms with E-state index in [9.17, 15) is 0 Å². The molecule has 0 bridgehead atoms. The summed E-state index contributed by atoms with van der Waals surface area (Å²) in [6.45, 7) is 8.24. The van der Waals surface area contributed by atoms with Gasteiger partial charge in [-0.2, -0.15) is 0 Å². The lowest BCUT2D eigenvalue weighted by molar-refractivity contribution is 0.624. The number of nitrogens with zero attached hydrogens (tertiary/aromatic N) is 1. The molecule has 1 aliphatic rings. The number of hydrogen-bond donors (Lipinski definition) is 0. The zero-order valence-corrected chi connectivity index (χ0v) is 9.00. The van der Waals surface area contributed by atoms with E-state index in [-0.39, 0.29) is 5.41 Å². The van der Waals surface area contributed by atoms with Gasteiger partial charge in [0.2, 0.25) is 0 Å². The molecule has 0 aromatic carbocycles. The van der Waals surface area contributed by atoms with Crippen molar-refractivity contribution in [3.63, 3.8) is 0 Å². The summed E-state index contributed by atoms with van der Waals surface area (Å²) >= 11 is 2.22. The van der Waals surface area contributed by atoms with E-state index in [0.717, 1.165) is 5.70 Å². The van der Waals surface area contributed by atoms with Crippen LogP contribution in [-0.2, 0) is 0 Å². The van der Waals surface area contributed by atoms with Gasteiger partial charge in [0.1, 0.15) is 0 Å². The molecule has 0 atom stereocenters. The van der Waals surface area contributed by atoms with Crippen LogP contribution in [0.5, 0.6) is 0 Å². The molecule has 0 unspecified atom stereocenters. The highest BCUT2D eigenvalue weighted by molar-refractivity contribution is 14.1. The second-order valence-corrected chi connectivity index (χ2v) is 4.31. The molecule has 0 spiro atoms. The van der Waals surface area contributed by atoms with Crippen LogP contribution in [0.25, 0.3) is 0 Å². The van der Waals surface area contributed by atoms with Crippen molar-refractivity contribution in [1.29, 1.82) is 0 Å². The second kappa shape index (κ2) is 3.01. The summed E-state index contributed by atoms with van der Waals surface area (Å²) in [6.07, 6.45) is 8.41. The summed E-state index contributed by atoms with van der Waals surface area (Å²) in [5.74, 6) is 0. The Bertz CT molecular complexity index is 226. The van der Waals surface area contributed by atoms with Gasteiger partial charge < -0.3 is 0 Å². The number of allylic oxidation sites excluding steroid dienone is 3. The highest BCUT2D eigenvalue weighted by Crippen LogP contribution is 2.25. The number of rotatable bonds is 0. The standard InChI is InChI=1S/C9H12IN/c1-8-4-5-9(2,3)6-7-11(8)10/h4-7H,1H2,2-3H3. The minimum Gasteiger partial charge on any atom is -0.291 e. The van der Waals surface area contributed by atoms with Crippen LogP contribution in [0.4, 0.5) is 0 Å². The van der Waals surface area contributed by atoms with Crippen molar-refractivity contribution in [1.82, 2.24) is 3.11 Å². The predicted octanol–water partition coefficient (Wildman–Crippen LogP) is 3.26. The van der Waals surface area contributed by atoms with Gasteiger partial charge in [-0.25, -0.2) is 0 Å². The monoisotopic (exact) mass is 261 g/mol. The second-order valence-electron chi connectivity index (χ2n) is 3.27. The van der Waals surface area contributed by atoms with Crippen molar-refractivity contribution in [3.8, 4) is 0 Å². The maximum Gasteiger partial charge on any atom is 0.0640 e. The molecule has 0 aromatic heterocycles. The van der Waals surface area contributed by atoms with Gasteiger partial charge in [0.25, 0.3) is 0 Å². The van der Waals surface area contributed by atoms with Crippen LogP contribution in [0.15, 0.2) is 36.7 Å². The van der Waals surface area contributed by atoms with Crippen LogP contribution < -0.4 is 0 Å². The van der Waals surface area contributed by atoms with Crippen LogP contribution in [-0.4, -0.2) is 3.11 Å². The maximum atomic E-state index is 3.90. The molecule has 1 heterocycles. The Labute approximate surface area is 82.0 Å². The molecule has 0 aromatic rings. The van der Waals surface area contributed by atoms with Gasteiger partial charge in [0, 0.05) is 17.3 Å². The third kappa shape index (κ3) is 2.36. The van der Waals surface area contributed by atoms with Crippen LogP contribution in [0.2, 0.25) is 0 Å². The molecule has 0 aliphatic carbocycles. The molecule has 1 rings (SSSR count). The normalized spacial score (nSPS) is 22.1. The molecule has 60 valence electrons. The van der Waals surface area contributed by atoms with Crippen LogP contribution in [0.1, 0.15) is 13.8 Å². The van der Waals surface area contributed by atoms with Gasteiger partial charge in [0.05, 0.1) is 22.9 Å². The zero-order valence-electron chi connectivity index (χ0n) is 6.84. The van der Waals surface area contributed by atoms with Crippen molar-refractivity contribution in [3.05, 3.63) is 36.7 Å². The third-order valence-corrected chi connectivity index (χ3v) is 2.56. The number of hydrogen-bond acceptors (Lipinski definition) is 1. The summed E-state index contributed by atoms with van der Waals surface area (Å²) in [5, 5.41) is 0. The molecular formula is C9H12IN. The fraction of sp³-hybridized carbons (Fsp3) is 0.333. The van der Waals surface area contributed by atoms with Gasteiger partial charge >= 0.3 is 0 Å². The summed E-state index contributed by atoms with van der Waals surface area (Å²) in [7, 11) is 0. The number of halogens is 1. The van der Waals surface area contributed by atoms with Crippen LogP contribution >= 0.6 is 22.9 Å². The zero-order chi connectivity index (χ0) is 8.48. The largest absolute Gasteiger partial charge is 0.291 e. The average Bonchev–Trinajstić information content (AvgIpc) is 2.03. The Balaban J connectivity index is 2.93. The topological polar surface area (TPSA) is 3.24 Å². The van der Waals surface area contributed by atoms with E-state index in [2.05, 4.69) is 55.4 Å². The molecule has 0 radical (unpaired) electrons. The Morgan fingerprint density at radius 1 is 1.45 bits per heavy atom. The van der Waals surface area contributed by atoms with Crippen molar-refractivity contribution in [2.45, 2.75) is 13.8 Å². The minimum absolute atomic E-state index is 0.156. The Morgan fingerprint density at radius 2 is 2.09 bits per heavy atom. The highest BCUT2D eigenvalue weighted by atomic mass is 127. The molecule has 11 heavy (non-hydrogen) atoms. The lowest BCUT2D eigenvalue weighted by Gasteiger charge is -2.11. The molecule has 2 heteroatoms. The highest BCUT2D eigenvalue weighted by Gasteiger charge is 2.12. The van der Waals surface area contributed by atoms with Gasteiger partial charge in [-0.05, 0) is 6.08 Å². The molecule has 0 amide bonds. The molecule has 0 N–H and O–H groups in total. The van der Waals surface area contributed by atoms with E-state index < -0.39 is 0 Å². The van der Waals surface area contributed by atoms with Gasteiger partial charge in [-0.1, -0.05) is 32.6 Å². The van der Waals surface area contributed by atoms with Crippen molar-refractivity contribution in [2.75, 3.05) is 0 Å². The maximum absolute atomic E-state index is 3.90. The fourth-order valence-electron chi connectivity index (χ4n) is 0.791. The van der Waals surface area contributed by atoms with E-state index in [1.54, 1.807) is 0 Å². The van der Waals surface area contributed by atoms with Crippen molar-refractivity contribution in [2.24, 2.45) is 5.41 Å². The Hall–Kier alpha value is -0.250. The van der Waals surface area contributed by atoms with Crippen molar-refractivity contribution >= 4 is 22.9 Å². The lowest BCUT2D eigenvalue weighted by atomic mass is 9.93. The first-order chi connectivity index (χ1) is 5.01. The Kier molecular flexibility index (Phi) is 2.42. The van der Waals surface area contributed by atoms with E-state index in [0.29, 0.717) is 0 Å². The summed E-state index contributed by atoms with van der Waals surface area (Å²) in [6, 6.07) is 0. The molecular weight excluding hydrogens is 249 g/mol. The summed E-state index contributed by atoms with van der Waals surface area (Å²) in [4.78, 5) is 0. The molecule has 1 nitrogen and oxygen atoms in total. The molecule has 0 saturated carbocycles. The summed E-state index contributed by atoms with van der Waals surface area (Å²) < 4.78 is 1.99. The van der Waals surface area contributed by atoms with Crippen LogP contribution in [0, 0.1) is 5.41 Å². The van der Waals surface area contributed by atoms with Gasteiger partial charge in [-0.3, -0.25) is 3.11 Å². The fourth-order valence-corrected chi connectivity index (χ4v) is 1.11. The van der Waals surface area contributed by atoms with Crippen molar-refractivity contribution < 1.29 is 0 Å². The first-order valence-electron chi connectivity index (χ1n) is 3.54. The quantitative estimate of drug-likeness (QED) is 0.478. The van der Waals surface area contributed by atoms with E-state index in [4.69, 9.17) is 0 Å². The van der Waals surface area contributed by atoms with Crippen LogP contribution in [0.3, 0.4) is 0 Å². The first-order valence-corrected chi connectivity index (χ1v) is 4.50. The van der Waals surface area contributed by atoms with Gasteiger partial charge in [-0.15, -0.1) is 0 Å². The van der Waals surface area contributed by atoms with Gasteiger partial charge in [0.15, 0.2) is 0 Å². The smallest absolute Gasteiger partial charge is 0.0640 e. The predicted molar refractivity (Wildman–Crippen MR) is 57.1 cm³/mol. The lowest BCUT2D eigenvalue weighted by Crippen LogP contribution is -2.01. The molecule has 0 saturated heterocycles. The average molecular weight is 261 g/mol. The SMILES string of the molecule is C=C1C=CC(C)(C)C=CN1I. The third-order valence-electron chi connectivity index (χ3n) is 1.61. The van der Waals surface area contributed by atoms with E-state index in [1.165, 1.54) is 0 Å². The summed E-state index contributed by atoms with van der Waals surface area (Å²) in [5.41, 5.74) is 1.18. The molecule has 0 fully saturated rings. The van der Waals surface area contributed by atoms with E-state index in [1.807, 2.05) is 15.4 Å². The first kappa shape index (κ1) is 8.84.